The van der Waals surface area contributed by atoms with E-state index in [9.17, 15) is 9.59 Å². The molecule has 0 fully saturated rings. The summed E-state index contributed by atoms with van der Waals surface area (Å²) in [6, 6.07) is 14.4. The fraction of sp³-hybridized carbons (Fsp3) is 0.167. The quantitative estimate of drug-likeness (QED) is 0.678. The number of benzene rings is 2. The van der Waals surface area contributed by atoms with Crippen LogP contribution in [0.15, 0.2) is 58.2 Å². The van der Waals surface area contributed by atoms with E-state index >= 15 is 0 Å². The normalized spacial score (nSPS) is 11.9. The van der Waals surface area contributed by atoms with Crippen LogP contribution in [-0.4, -0.2) is 22.0 Å². The van der Waals surface area contributed by atoms with E-state index in [0.717, 1.165) is 5.52 Å². The van der Waals surface area contributed by atoms with Gasteiger partial charge in [0.25, 0.3) is 5.22 Å². The summed E-state index contributed by atoms with van der Waals surface area (Å²) in [7, 11) is 0. The van der Waals surface area contributed by atoms with Crippen LogP contribution in [0.4, 0.5) is 11.4 Å². The number of hydrogen-bond acceptors (Lipinski definition) is 5. The molecule has 2 N–H and O–H groups in total. The lowest BCUT2D eigenvalue weighted by Crippen LogP contribution is -2.22. The molecule has 0 saturated carbocycles. The summed E-state index contributed by atoms with van der Waals surface area (Å²) >= 11 is 1.26. The number of carbonyl (C=O) groups excluding carboxylic acids is 2. The summed E-state index contributed by atoms with van der Waals surface area (Å²) in [6.45, 7) is 3.24. The largest absolute Gasteiger partial charge is 0.431 e. The van der Waals surface area contributed by atoms with E-state index in [0.29, 0.717) is 22.2 Å². The number of para-hydroxylation sites is 2. The summed E-state index contributed by atoms with van der Waals surface area (Å²) in [5, 5.41) is 5.60. The molecule has 0 saturated heterocycles. The Balaban J connectivity index is 1.61. The fourth-order valence-corrected chi connectivity index (χ4v) is 2.95. The molecule has 1 aromatic heterocycles. The molecule has 0 aliphatic rings. The zero-order valence-corrected chi connectivity index (χ0v) is 14.6. The summed E-state index contributed by atoms with van der Waals surface area (Å²) < 4.78 is 5.62. The van der Waals surface area contributed by atoms with E-state index in [1.165, 1.54) is 18.7 Å². The standard InChI is InChI=1S/C18H17N3O3S/c1-11(25-18-21-15-5-3-4-6-16(15)24-18)17(23)20-14-9-7-13(8-10-14)19-12(2)22/h3-11H,1-2H3,(H,19,22)(H,20,23)/t11-/m1/s1. The van der Waals surface area contributed by atoms with Crippen LogP contribution in [0.5, 0.6) is 0 Å². The van der Waals surface area contributed by atoms with E-state index in [-0.39, 0.29) is 17.1 Å². The SMILES string of the molecule is CC(=O)Nc1ccc(NC(=O)[C@@H](C)Sc2nc3ccccc3o2)cc1. The Morgan fingerprint density at radius 3 is 2.32 bits per heavy atom. The monoisotopic (exact) mass is 355 g/mol. The van der Waals surface area contributed by atoms with Crippen LogP contribution in [0.2, 0.25) is 0 Å². The van der Waals surface area contributed by atoms with Gasteiger partial charge in [0, 0.05) is 18.3 Å². The van der Waals surface area contributed by atoms with Gasteiger partial charge in [-0.1, -0.05) is 23.9 Å². The molecule has 1 heterocycles. The van der Waals surface area contributed by atoms with Gasteiger partial charge in [-0.25, -0.2) is 4.98 Å². The van der Waals surface area contributed by atoms with Crippen molar-refractivity contribution in [2.24, 2.45) is 0 Å². The molecule has 0 spiro atoms. The zero-order valence-electron chi connectivity index (χ0n) is 13.8. The zero-order chi connectivity index (χ0) is 17.8. The Morgan fingerprint density at radius 1 is 1.04 bits per heavy atom. The van der Waals surface area contributed by atoms with E-state index in [2.05, 4.69) is 15.6 Å². The lowest BCUT2D eigenvalue weighted by molar-refractivity contribution is -0.115. The molecule has 0 unspecified atom stereocenters. The van der Waals surface area contributed by atoms with Gasteiger partial charge in [0.1, 0.15) is 5.52 Å². The van der Waals surface area contributed by atoms with Crippen LogP contribution in [0.25, 0.3) is 11.1 Å². The molecule has 0 radical (unpaired) electrons. The molecule has 3 aromatic rings. The molecule has 6 nitrogen and oxygen atoms in total. The highest BCUT2D eigenvalue weighted by molar-refractivity contribution is 8.00. The number of thioether (sulfide) groups is 1. The Hall–Kier alpha value is -2.80. The Labute approximate surface area is 149 Å². The lowest BCUT2D eigenvalue weighted by atomic mass is 10.2. The first-order chi connectivity index (χ1) is 12.0. The van der Waals surface area contributed by atoms with Crippen molar-refractivity contribution in [3.8, 4) is 0 Å². The second-order valence-corrected chi connectivity index (χ2v) is 6.75. The van der Waals surface area contributed by atoms with Gasteiger partial charge in [0.05, 0.1) is 5.25 Å². The van der Waals surface area contributed by atoms with Crippen molar-refractivity contribution in [1.29, 1.82) is 0 Å². The van der Waals surface area contributed by atoms with Crippen molar-refractivity contribution in [3.05, 3.63) is 48.5 Å². The van der Waals surface area contributed by atoms with E-state index in [1.54, 1.807) is 31.2 Å². The third-order valence-electron chi connectivity index (χ3n) is 3.39. The molecule has 2 amide bonds. The van der Waals surface area contributed by atoms with Gasteiger partial charge >= 0.3 is 0 Å². The van der Waals surface area contributed by atoms with Crippen molar-refractivity contribution in [1.82, 2.24) is 4.98 Å². The number of amides is 2. The molecule has 7 heteroatoms. The summed E-state index contributed by atoms with van der Waals surface area (Å²) in [5.74, 6) is -0.292. The van der Waals surface area contributed by atoms with Gasteiger partial charge in [-0.2, -0.15) is 0 Å². The maximum Gasteiger partial charge on any atom is 0.257 e. The first kappa shape index (κ1) is 17.0. The average Bonchev–Trinajstić information content (AvgIpc) is 2.98. The third kappa shape index (κ3) is 4.39. The maximum absolute atomic E-state index is 12.3. The summed E-state index contributed by atoms with van der Waals surface area (Å²) in [6.07, 6.45) is 0. The highest BCUT2D eigenvalue weighted by Crippen LogP contribution is 2.27. The Kier molecular flexibility index (Phi) is 5.04. The van der Waals surface area contributed by atoms with Gasteiger partial charge in [-0.15, -0.1) is 0 Å². The number of hydrogen-bond donors (Lipinski definition) is 2. The number of aromatic nitrogens is 1. The van der Waals surface area contributed by atoms with E-state index in [4.69, 9.17) is 4.42 Å². The number of nitrogens with one attached hydrogen (secondary N) is 2. The topological polar surface area (TPSA) is 84.2 Å². The van der Waals surface area contributed by atoms with Gasteiger partial charge in [0.2, 0.25) is 11.8 Å². The molecular formula is C18H17N3O3S. The van der Waals surface area contributed by atoms with Crippen molar-refractivity contribution in [3.63, 3.8) is 0 Å². The average molecular weight is 355 g/mol. The molecule has 1 atom stereocenters. The first-order valence-electron chi connectivity index (χ1n) is 7.72. The summed E-state index contributed by atoms with van der Waals surface area (Å²) in [4.78, 5) is 27.7. The van der Waals surface area contributed by atoms with Crippen molar-refractivity contribution >= 4 is 46.1 Å². The van der Waals surface area contributed by atoms with Crippen LogP contribution in [0.3, 0.4) is 0 Å². The number of rotatable bonds is 5. The van der Waals surface area contributed by atoms with Crippen LogP contribution >= 0.6 is 11.8 Å². The predicted octanol–water partition coefficient (Wildman–Crippen LogP) is 3.91. The first-order valence-corrected chi connectivity index (χ1v) is 8.60. The number of nitrogens with zero attached hydrogens (tertiary/aromatic N) is 1. The molecule has 3 rings (SSSR count). The number of oxazole rings is 1. The van der Waals surface area contributed by atoms with Crippen LogP contribution in [0, 0.1) is 0 Å². The van der Waals surface area contributed by atoms with Crippen molar-refractivity contribution in [2.75, 3.05) is 10.6 Å². The molecular weight excluding hydrogens is 338 g/mol. The minimum Gasteiger partial charge on any atom is -0.431 e. The van der Waals surface area contributed by atoms with Gasteiger partial charge in [-0.3, -0.25) is 9.59 Å². The molecule has 2 aromatic carbocycles. The summed E-state index contributed by atoms with van der Waals surface area (Å²) in [5.41, 5.74) is 2.81. The van der Waals surface area contributed by atoms with Gasteiger partial charge < -0.3 is 15.1 Å². The van der Waals surface area contributed by atoms with E-state index in [1.807, 2.05) is 24.3 Å². The smallest absolute Gasteiger partial charge is 0.257 e. The fourth-order valence-electron chi connectivity index (χ4n) is 2.19. The maximum atomic E-state index is 12.3. The molecule has 0 bridgehead atoms. The minimum absolute atomic E-state index is 0.139. The molecule has 25 heavy (non-hydrogen) atoms. The minimum atomic E-state index is -0.372. The van der Waals surface area contributed by atoms with Crippen LogP contribution in [-0.2, 0) is 9.59 Å². The third-order valence-corrected chi connectivity index (χ3v) is 4.34. The predicted molar refractivity (Wildman–Crippen MR) is 98.7 cm³/mol. The number of anilines is 2. The highest BCUT2D eigenvalue weighted by Gasteiger charge is 2.18. The van der Waals surface area contributed by atoms with Crippen molar-refractivity contribution < 1.29 is 14.0 Å². The number of fused-ring (bicyclic) bond motifs is 1. The Morgan fingerprint density at radius 2 is 1.68 bits per heavy atom. The molecule has 0 aliphatic carbocycles. The molecule has 0 aliphatic heterocycles. The molecule has 128 valence electrons. The van der Waals surface area contributed by atoms with E-state index < -0.39 is 0 Å². The number of carbonyl (C=O) groups is 2. The van der Waals surface area contributed by atoms with Crippen LogP contribution < -0.4 is 10.6 Å². The second-order valence-electron chi connectivity index (χ2n) is 5.46. The van der Waals surface area contributed by atoms with Gasteiger partial charge in [-0.05, 0) is 43.3 Å². The van der Waals surface area contributed by atoms with Crippen molar-refractivity contribution in [2.45, 2.75) is 24.3 Å². The highest BCUT2D eigenvalue weighted by atomic mass is 32.2. The van der Waals surface area contributed by atoms with Crippen LogP contribution in [0.1, 0.15) is 13.8 Å². The Bertz CT molecular complexity index is 872. The lowest BCUT2D eigenvalue weighted by Gasteiger charge is -2.10. The second kappa shape index (κ2) is 7.40. The van der Waals surface area contributed by atoms with Gasteiger partial charge in [0.15, 0.2) is 5.58 Å².